The SMILES string of the molecule is O=C(CCN1CCN([C@@H]2CCOC2)CC1)Nc1ccc(Br)cc1F. The van der Waals surface area contributed by atoms with Gasteiger partial charge < -0.3 is 15.0 Å². The van der Waals surface area contributed by atoms with E-state index in [4.69, 9.17) is 4.74 Å². The molecule has 0 bridgehead atoms. The summed E-state index contributed by atoms with van der Waals surface area (Å²) >= 11 is 3.20. The van der Waals surface area contributed by atoms with Crippen molar-refractivity contribution in [1.29, 1.82) is 0 Å². The zero-order valence-corrected chi connectivity index (χ0v) is 15.2. The first-order chi connectivity index (χ1) is 11.6. The molecule has 1 N–H and O–H groups in total. The first-order valence-corrected chi connectivity index (χ1v) is 9.20. The Morgan fingerprint density at radius 3 is 2.79 bits per heavy atom. The molecule has 1 amide bonds. The van der Waals surface area contributed by atoms with Gasteiger partial charge in [0.15, 0.2) is 0 Å². The number of hydrogen-bond donors (Lipinski definition) is 1. The summed E-state index contributed by atoms with van der Waals surface area (Å²) in [6, 6.07) is 5.20. The maximum atomic E-state index is 13.7. The molecule has 2 saturated heterocycles. The van der Waals surface area contributed by atoms with E-state index >= 15 is 0 Å². The van der Waals surface area contributed by atoms with Crippen molar-refractivity contribution in [2.75, 3.05) is 51.3 Å². The van der Waals surface area contributed by atoms with Gasteiger partial charge in [0.05, 0.1) is 12.3 Å². The minimum absolute atomic E-state index is 0.150. The number of nitrogens with one attached hydrogen (secondary N) is 1. The van der Waals surface area contributed by atoms with Crippen molar-refractivity contribution in [3.63, 3.8) is 0 Å². The molecule has 1 atom stereocenters. The second-order valence-electron chi connectivity index (χ2n) is 6.32. The Hall–Kier alpha value is -1.02. The molecule has 7 heteroatoms. The largest absolute Gasteiger partial charge is 0.380 e. The molecule has 0 saturated carbocycles. The van der Waals surface area contributed by atoms with Crippen LogP contribution in [0.1, 0.15) is 12.8 Å². The number of carbonyl (C=O) groups excluding carboxylic acids is 1. The number of halogens is 2. The Balaban J connectivity index is 1.39. The van der Waals surface area contributed by atoms with Crippen LogP contribution in [0.15, 0.2) is 22.7 Å². The topological polar surface area (TPSA) is 44.8 Å². The second-order valence-corrected chi connectivity index (χ2v) is 7.23. The molecule has 2 heterocycles. The zero-order valence-electron chi connectivity index (χ0n) is 13.6. The first kappa shape index (κ1) is 17.8. The molecule has 1 aromatic carbocycles. The van der Waals surface area contributed by atoms with Gasteiger partial charge in [-0.1, -0.05) is 15.9 Å². The second kappa shape index (κ2) is 8.38. The van der Waals surface area contributed by atoms with Crippen molar-refractivity contribution in [3.05, 3.63) is 28.5 Å². The fourth-order valence-corrected chi connectivity index (χ4v) is 3.56. The van der Waals surface area contributed by atoms with Crippen molar-refractivity contribution in [2.45, 2.75) is 18.9 Å². The minimum Gasteiger partial charge on any atom is -0.380 e. The Bertz CT molecular complexity index is 573. The summed E-state index contributed by atoms with van der Waals surface area (Å²) in [5, 5.41) is 2.64. The van der Waals surface area contributed by atoms with Crippen molar-refractivity contribution in [3.8, 4) is 0 Å². The highest BCUT2D eigenvalue weighted by atomic mass is 79.9. The molecule has 132 valence electrons. The van der Waals surface area contributed by atoms with Gasteiger partial charge in [-0.2, -0.15) is 0 Å². The maximum Gasteiger partial charge on any atom is 0.225 e. The number of hydrogen-bond acceptors (Lipinski definition) is 4. The fraction of sp³-hybridized carbons (Fsp3) is 0.588. The quantitative estimate of drug-likeness (QED) is 0.824. The van der Waals surface area contributed by atoms with Crippen molar-refractivity contribution in [1.82, 2.24) is 9.80 Å². The fourth-order valence-electron chi connectivity index (χ4n) is 3.23. The van der Waals surface area contributed by atoms with Gasteiger partial charge in [0, 0.05) is 56.3 Å². The van der Waals surface area contributed by atoms with E-state index in [9.17, 15) is 9.18 Å². The number of nitrogens with zero attached hydrogens (tertiary/aromatic N) is 2. The van der Waals surface area contributed by atoms with E-state index in [2.05, 4.69) is 31.0 Å². The zero-order chi connectivity index (χ0) is 16.9. The summed E-state index contributed by atoms with van der Waals surface area (Å²) in [6.07, 6.45) is 1.50. The molecule has 0 aromatic heterocycles. The van der Waals surface area contributed by atoms with Gasteiger partial charge in [0.2, 0.25) is 5.91 Å². The maximum absolute atomic E-state index is 13.7. The van der Waals surface area contributed by atoms with Crippen LogP contribution in [0.5, 0.6) is 0 Å². The third kappa shape index (κ3) is 4.75. The molecule has 3 rings (SSSR count). The lowest BCUT2D eigenvalue weighted by Crippen LogP contribution is -2.50. The molecule has 24 heavy (non-hydrogen) atoms. The van der Waals surface area contributed by atoms with Crippen LogP contribution in [0.2, 0.25) is 0 Å². The van der Waals surface area contributed by atoms with E-state index in [0.29, 0.717) is 23.5 Å². The highest BCUT2D eigenvalue weighted by Crippen LogP contribution is 2.19. The Kier molecular flexibility index (Phi) is 6.21. The standard InChI is InChI=1S/C17H23BrFN3O2/c18-13-1-2-16(15(19)11-13)20-17(23)3-5-21-6-8-22(9-7-21)14-4-10-24-12-14/h1-2,11,14H,3-10,12H2,(H,20,23)/t14-/m1/s1. The Morgan fingerprint density at radius 2 is 2.12 bits per heavy atom. The van der Waals surface area contributed by atoms with Crippen LogP contribution in [-0.2, 0) is 9.53 Å². The summed E-state index contributed by atoms with van der Waals surface area (Å²) in [5.74, 6) is -0.576. The predicted molar refractivity (Wildman–Crippen MR) is 94.6 cm³/mol. The number of ether oxygens (including phenoxy) is 1. The third-order valence-corrected chi connectivity index (χ3v) is 5.18. The molecular weight excluding hydrogens is 377 g/mol. The molecule has 2 fully saturated rings. The molecule has 0 unspecified atom stereocenters. The van der Waals surface area contributed by atoms with Gasteiger partial charge in [0.1, 0.15) is 5.82 Å². The number of amides is 1. The summed E-state index contributed by atoms with van der Waals surface area (Å²) < 4.78 is 19.8. The average molecular weight is 400 g/mol. The van der Waals surface area contributed by atoms with Gasteiger partial charge in [-0.3, -0.25) is 9.69 Å². The first-order valence-electron chi connectivity index (χ1n) is 8.41. The number of benzene rings is 1. The lowest BCUT2D eigenvalue weighted by Gasteiger charge is -2.37. The van der Waals surface area contributed by atoms with Crippen molar-refractivity contribution >= 4 is 27.5 Å². The van der Waals surface area contributed by atoms with Gasteiger partial charge in [0.25, 0.3) is 0 Å². The van der Waals surface area contributed by atoms with Crippen LogP contribution in [0.3, 0.4) is 0 Å². The summed E-state index contributed by atoms with van der Waals surface area (Å²) in [6.45, 7) is 6.42. The highest BCUT2D eigenvalue weighted by molar-refractivity contribution is 9.10. The van der Waals surface area contributed by atoms with E-state index in [1.54, 1.807) is 12.1 Å². The van der Waals surface area contributed by atoms with Crippen LogP contribution < -0.4 is 5.32 Å². The molecule has 1 aromatic rings. The normalized spacial score (nSPS) is 22.7. The van der Waals surface area contributed by atoms with E-state index in [0.717, 1.165) is 45.8 Å². The smallest absolute Gasteiger partial charge is 0.225 e. The summed E-state index contributed by atoms with van der Waals surface area (Å²) in [4.78, 5) is 16.8. The minimum atomic E-state index is -0.426. The summed E-state index contributed by atoms with van der Waals surface area (Å²) in [7, 11) is 0. The Labute approximate surface area is 150 Å². The van der Waals surface area contributed by atoms with Crippen LogP contribution >= 0.6 is 15.9 Å². The molecule has 0 aliphatic carbocycles. The molecule has 5 nitrogen and oxygen atoms in total. The number of rotatable bonds is 5. The van der Waals surface area contributed by atoms with Crippen LogP contribution in [0, 0.1) is 5.82 Å². The summed E-state index contributed by atoms with van der Waals surface area (Å²) in [5.41, 5.74) is 0.231. The predicted octanol–water partition coefficient (Wildman–Crippen LogP) is 2.32. The van der Waals surface area contributed by atoms with E-state index in [1.165, 1.54) is 6.07 Å². The van der Waals surface area contributed by atoms with E-state index in [1.807, 2.05) is 0 Å². The van der Waals surface area contributed by atoms with E-state index < -0.39 is 5.82 Å². The van der Waals surface area contributed by atoms with Gasteiger partial charge in [-0.15, -0.1) is 0 Å². The monoisotopic (exact) mass is 399 g/mol. The number of carbonyl (C=O) groups is 1. The van der Waals surface area contributed by atoms with Gasteiger partial charge >= 0.3 is 0 Å². The third-order valence-electron chi connectivity index (χ3n) is 4.69. The van der Waals surface area contributed by atoms with Crippen molar-refractivity contribution < 1.29 is 13.9 Å². The van der Waals surface area contributed by atoms with Crippen LogP contribution in [0.4, 0.5) is 10.1 Å². The molecule has 2 aliphatic heterocycles. The Morgan fingerprint density at radius 1 is 1.33 bits per heavy atom. The average Bonchev–Trinajstić information content (AvgIpc) is 3.11. The van der Waals surface area contributed by atoms with Crippen LogP contribution in [0.25, 0.3) is 0 Å². The van der Waals surface area contributed by atoms with Gasteiger partial charge in [-0.05, 0) is 24.6 Å². The molecular formula is C17H23BrFN3O2. The van der Waals surface area contributed by atoms with Gasteiger partial charge in [-0.25, -0.2) is 4.39 Å². The lowest BCUT2D eigenvalue weighted by atomic mass is 10.2. The number of piperazine rings is 1. The number of anilines is 1. The highest BCUT2D eigenvalue weighted by Gasteiger charge is 2.26. The van der Waals surface area contributed by atoms with Crippen molar-refractivity contribution in [2.24, 2.45) is 0 Å². The van der Waals surface area contributed by atoms with E-state index in [-0.39, 0.29) is 11.6 Å². The molecule has 0 radical (unpaired) electrons. The lowest BCUT2D eigenvalue weighted by molar-refractivity contribution is -0.116. The molecule has 0 spiro atoms. The van der Waals surface area contributed by atoms with Crippen LogP contribution in [-0.4, -0.2) is 67.7 Å². The molecule has 2 aliphatic rings.